The van der Waals surface area contributed by atoms with Gasteiger partial charge in [0.15, 0.2) is 0 Å². The third kappa shape index (κ3) is 96.1. The van der Waals surface area contributed by atoms with Crippen molar-refractivity contribution in [3.8, 4) is 0 Å². The summed E-state index contributed by atoms with van der Waals surface area (Å²) in [5, 5.41) is 0. The fourth-order valence-electron chi connectivity index (χ4n) is 0. The molecule has 0 aliphatic heterocycles. The molecule has 0 fully saturated rings. The van der Waals surface area contributed by atoms with Gasteiger partial charge in [-0.15, -0.1) is 12.4 Å². The zero-order valence-electron chi connectivity index (χ0n) is 5.91. The van der Waals surface area contributed by atoms with Crippen LogP contribution in [0.2, 0.25) is 0 Å². The molecule has 0 saturated carbocycles. The van der Waals surface area contributed by atoms with E-state index in [1.54, 1.807) is 0 Å². The van der Waals surface area contributed by atoms with Gasteiger partial charge in [0.1, 0.15) is 0 Å². The predicted molar refractivity (Wildman–Crippen MR) is 22.5 cm³/mol. The maximum Gasteiger partial charge on any atom is 1.00 e. The van der Waals surface area contributed by atoms with Crippen LogP contribution in [0.15, 0.2) is 0 Å². The summed E-state index contributed by atoms with van der Waals surface area (Å²) in [7, 11) is -4.67. The molecule has 0 atom stereocenters. The van der Waals surface area contributed by atoms with Crippen LogP contribution in [0.1, 0.15) is 1.43 Å². The molecule has 0 spiro atoms. The third-order valence-electron chi connectivity index (χ3n) is 0. The fourth-order valence-corrected chi connectivity index (χ4v) is 0. The molecule has 0 aromatic heterocycles. The van der Waals surface area contributed by atoms with E-state index in [0.29, 0.717) is 0 Å². The van der Waals surface area contributed by atoms with Gasteiger partial charge in [-0.1, -0.05) is 0 Å². The van der Waals surface area contributed by atoms with E-state index in [1.807, 2.05) is 0 Å². The van der Waals surface area contributed by atoms with Crippen LogP contribution in [-0.2, 0) is 10.4 Å². The van der Waals surface area contributed by atoms with E-state index in [1.165, 1.54) is 0 Å². The van der Waals surface area contributed by atoms with Gasteiger partial charge in [-0.05, 0) is 0 Å². The zero-order valence-corrected chi connectivity index (χ0v) is 12.4. The van der Waals surface area contributed by atoms with E-state index in [0.717, 1.165) is 0 Å². The molecule has 0 bridgehead atoms. The first-order valence-corrected chi connectivity index (χ1v) is 2.10. The first-order chi connectivity index (χ1) is 2.00. The van der Waals surface area contributed by atoms with Crippen LogP contribution in [0.4, 0.5) is 0 Å². The molecule has 9 heteroatoms. The van der Waals surface area contributed by atoms with Crippen LogP contribution in [0.3, 0.4) is 0 Å². The third-order valence-corrected chi connectivity index (χ3v) is 0. The molecule has 0 unspecified atom stereocenters. The first-order valence-electron chi connectivity index (χ1n) is 0.698. The maximum atomic E-state index is 8.74. The average Bonchev–Trinajstić information content (AvgIpc) is 0.722. The summed E-state index contributed by atoms with van der Waals surface area (Å²) >= 11 is 0. The Kier molecular flexibility index (Phi) is 44.9. The van der Waals surface area contributed by atoms with E-state index in [9.17, 15) is 0 Å². The SMILES string of the molecule is Cl.O=S(=O)(O)O.[Cl-].[H-].[K+].[Na+]. The molecule has 50 valence electrons. The number of rotatable bonds is 0. The van der Waals surface area contributed by atoms with Crippen LogP contribution in [0.5, 0.6) is 0 Å². The van der Waals surface area contributed by atoms with Crippen molar-refractivity contribution in [3.05, 3.63) is 0 Å². The van der Waals surface area contributed by atoms with Crippen molar-refractivity contribution >= 4 is 22.8 Å². The molecule has 0 rings (SSSR count). The van der Waals surface area contributed by atoms with Crippen LogP contribution in [0, 0.1) is 0 Å². The average molecular weight is 233 g/mol. The van der Waals surface area contributed by atoms with E-state index in [4.69, 9.17) is 17.5 Å². The smallest absolute Gasteiger partial charge is 1.00 e. The normalized spacial score (nSPS) is 6.44. The van der Waals surface area contributed by atoms with E-state index in [-0.39, 0.29) is 107 Å². The van der Waals surface area contributed by atoms with Crippen molar-refractivity contribution in [1.82, 2.24) is 0 Å². The molecule has 0 aromatic rings. The Balaban J connectivity index is -0.00000000800. The fraction of sp³-hybridized carbons (Fsp3) is 0. The Morgan fingerprint density at radius 3 is 1.22 bits per heavy atom. The second kappa shape index (κ2) is 13.7. The Bertz CT molecular complexity index is 106. The molecule has 9 heavy (non-hydrogen) atoms. The van der Waals surface area contributed by atoms with Crippen molar-refractivity contribution in [3.63, 3.8) is 0 Å². The quantitative estimate of drug-likeness (QED) is 0.322. The van der Waals surface area contributed by atoms with Crippen LogP contribution in [0.25, 0.3) is 0 Å². The minimum Gasteiger partial charge on any atom is -1.00 e. The van der Waals surface area contributed by atoms with Crippen molar-refractivity contribution < 1.29 is 112 Å². The molecule has 0 heterocycles. The second-order valence-electron chi connectivity index (χ2n) is 0.448. The van der Waals surface area contributed by atoms with Gasteiger partial charge in [-0.2, -0.15) is 8.42 Å². The van der Waals surface area contributed by atoms with Gasteiger partial charge in [-0.25, -0.2) is 0 Å². The largest absolute Gasteiger partial charge is 1.00 e. The number of hydrogen-bond acceptors (Lipinski definition) is 2. The van der Waals surface area contributed by atoms with Crippen molar-refractivity contribution in [2.45, 2.75) is 0 Å². The summed E-state index contributed by atoms with van der Waals surface area (Å²) in [6.45, 7) is 0. The first kappa shape index (κ1) is 29.6. The van der Waals surface area contributed by atoms with Gasteiger partial charge in [0.2, 0.25) is 0 Å². The minimum atomic E-state index is -4.67. The summed E-state index contributed by atoms with van der Waals surface area (Å²) in [6, 6.07) is 0. The predicted octanol–water partition coefficient (Wildman–Crippen LogP) is -9.11. The second-order valence-corrected chi connectivity index (χ2v) is 1.34. The summed E-state index contributed by atoms with van der Waals surface area (Å²) in [5.41, 5.74) is 0. The topological polar surface area (TPSA) is 74.6 Å². The van der Waals surface area contributed by atoms with Crippen molar-refractivity contribution in [1.29, 1.82) is 0 Å². The van der Waals surface area contributed by atoms with Gasteiger partial charge in [0.25, 0.3) is 0 Å². The summed E-state index contributed by atoms with van der Waals surface area (Å²) in [4.78, 5) is 0. The molecule has 0 amide bonds. The summed E-state index contributed by atoms with van der Waals surface area (Å²) < 4.78 is 31.6. The Labute approximate surface area is 132 Å². The molecular formula is H4Cl2KNaO4S. The van der Waals surface area contributed by atoms with Crippen LogP contribution in [-0.4, -0.2) is 17.5 Å². The zero-order chi connectivity index (χ0) is 4.50. The number of halogens is 2. The van der Waals surface area contributed by atoms with E-state index in [2.05, 4.69) is 0 Å². The summed E-state index contributed by atoms with van der Waals surface area (Å²) in [5.74, 6) is 0. The Morgan fingerprint density at radius 2 is 1.22 bits per heavy atom. The van der Waals surface area contributed by atoms with Crippen LogP contribution >= 0.6 is 12.4 Å². The number of hydrogen-bond donors (Lipinski definition) is 2. The monoisotopic (exact) mass is 232 g/mol. The molecule has 0 aliphatic carbocycles. The van der Waals surface area contributed by atoms with Gasteiger partial charge in [0.05, 0.1) is 0 Å². The maximum absolute atomic E-state index is 8.74. The molecule has 0 aromatic carbocycles. The molecule has 0 saturated heterocycles. The Hall–Kier alpha value is 3.09. The van der Waals surface area contributed by atoms with E-state index >= 15 is 0 Å². The van der Waals surface area contributed by atoms with Crippen molar-refractivity contribution in [2.24, 2.45) is 0 Å². The van der Waals surface area contributed by atoms with Gasteiger partial charge >= 0.3 is 91.3 Å². The van der Waals surface area contributed by atoms with Crippen molar-refractivity contribution in [2.75, 3.05) is 0 Å². The molecule has 2 N–H and O–H groups in total. The molecule has 0 aliphatic rings. The standard InChI is InChI=1S/2ClH.K.Na.H2O4S.H/c;;;;1-5(2,3)4;/h2*1H;;;(H2,1,2,3,4);/q;;2*+1;;-1/p-1. The van der Waals surface area contributed by atoms with E-state index < -0.39 is 10.4 Å². The Morgan fingerprint density at radius 1 is 1.22 bits per heavy atom. The molecular weight excluding hydrogens is 229 g/mol. The molecule has 0 radical (unpaired) electrons. The van der Waals surface area contributed by atoms with Gasteiger partial charge in [-0.3, -0.25) is 9.11 Å². The van der Waals surface area contributed by atoms with Gasteiger partial charge < -0.3 is 13.8 Å². The van der Waals surface area contributed by atoms with Crippen LogP contribution < -0.4 is 93.3 Å². The van der Waals surface area contributed by atoms with Gasteiger partial charge in [0, 0.05) is 0 Å². The summed E-state index contributed by atoms with van der Waals surface area (Å²) in [6.07, 6.45) is 0. The molecule has 4 nitrogen and oxygen atoms in total. The minimum absolute atomic E-state index is 0.